The van der Waals surface area contributed by atoms with Gasteiger partial charge in [0.15, 0.2) is 0 Å². The fourth-order valence-electron chi connectivity index (χ4n) is 1.61. The second-order valence-electron chi connectivity index (χ2n) is 4.53. The van der Waals surface area contributed by atoms with Gasteiger partial charge in [-0.15, -0.1) is 0 Å². The summed E-state index contributed by atoms with van der Waals surface area (Å²) in [5.74, 6) is -0.0912. The molecule has 0 saturated carbocycles. The van der Waals surface area contributed by atoms with Crippen LogP contribution in [0.3, 0.4) is 0 Å². The molecule has 2 amide bonds. The predicted octanol–water partition coefficient (Wildman–Crippen LogP) is 1.36. The summed E-state index contributed by atoms with van der Waals surface area (Å²) in [5, 5.41) is 5.49. The Bertz CT molecular complexity index is 446. The fraction of sp³-hybridized carbons (Fsp3) is 0.429. The summed E-state index contributed by atoms with van der Waals surface area (Å²) in [6.07, 6.45) is 0.377. The van der Waals surface area contributed by atoms with E-state index in [0.717, 1.165) is 0 Å². The number of nitrogens with one attached hydrogen (secondary N) is 2. The van der Waals surface area contributed by atoms with Crippen LogP contribution in [-0.4, -0.2) is 24.9 Å². The third-order valence-electron chi connectivity index (χ3n) is 2.68. The van der Waals surface area contributed by atoms with Crippen LogP contribution in [0.5, 0.6) is 0 Å². The van der Waals surface area contributed by atoms with E-state index in [2.05, 4.69) is 10.6 Å². The van der Waals surface area contributed by atoms with Crippen LogP contribution in [0.15, 0.2) is 24.3 Å². The molecule has 0 fully saturated rings. The summed E-state index contributed by atoms with van der Waals surface area (Å²) < 4.78 is 0. The zero-order chi connectivity index (χ0) is 14.3. The molecule has 1 aromatic rings. The Balaban J connectivity index is 2.66. The predicted molar refractivity (Wildman–Crippen MR) is 75.9 cm³/mol. The van der Waals surface area contributed by atoms with Crippen LogP contribution in [0, 0.1) is 5.92 Å². The monoisotopic (exact) mass is 263 g/mol. The van der Waals surface area contributed by atoms with Crippen molar-refractivity contribution in [1.29, 1.82) is 0 Å². The maximum Gasteiger partial charge on any atom is 0.251 e. The standard InChI is InChI=1S/C14H21N3O2/c1-3-16-14(19)11-5-4-6-12(8-11)17-13(18)7-10(2)9-15/h4-6,8,10H,3,7,9,15H2,1-2H3,(H,16,19)(H,17,18). The van der Waals surface area contributed by atoms with Gasteiger partial charge in [-0.1, -0.05) is 13.0 Å². The molecule has 1 atom stereocenters. The molecule has 1 rings (SSSR count). The van der Waals surface area contributed by atoms with E-state index in [4.69, 9.17) is 5.73 Å². The Morgan fingerprint density at radius 1 is 1.37 bits per heavy atom. The Kier molecular flexibility index (Phi) is 6.02. The highest BCUT2D eigenvalue weighted by molar-refractivity contribution is 5.97. The maximum atomic E-state index is 11.7. The number of rotatable bonds is 6. The Hall–Kier alpha value is -1.88. The smallest absolute Gasteiger partial charge is 0.251 e. The number of benzene rings is 1. The lowest BCUT2D eigenvalue weighted by Gasteiger charge is -2.10. The van der Waals surface area contributed by atoms with Crippen LogP contribution in [-0.2, 0) is 4.79 Å². The summed E-state index contributed by atoms with van der Waals surface area (Å²) >= 11 is 0. The van der Waals surface area contributed by atoms with Crippen molar-refractivity contribution in [3.8, 4) is 0 Å². The van der Waals surface area contributed by atoms with Crippen LogP contribution < -0.4 is 16.4 Å². The second kappa shape index (κ2) is 7.53. The van der Waals surface area contributed by atoms with E-state index in [1.807, 2.05) is 13.8 Å². The molecule has 0 heterocycles. The van der Waals surface area contributed by atoms with E-state index in [-0.39, 0.29) is 17.7 Å². The average Bonchev–Trinajstić information content (AvgIpc) is 2.39. The maximum absolute atomic E-state index is 11.7. The normalized spacial score (nSPS) is 11.7. The van der Waals surface area contributed by atoms with Gasteiger partial charge in [0.1, 0.15) is 0 Å². The highest BCUT2D eigenvalue weighted by Gasteiger charge is 2.09. The number of anilines is 1. The first-order valence-corrected chi connectivity index (χ1v) is 6.45. The molecule has 0 saturated heterocycles. The summed E-state index contributed by atoms with van der Waals surface area (Å²) in [5.41, 5.74) is 6.63. The molecule has 0 aromatic heterocycles. The van der Waals surface area contributed by atoms with Crippen LogP contribution in [0.1, 0.15) is 30.6 Å². The van der Waals surface area contributed by atoms with Crippen molar-refractivity contribution in [3.63, 3.8) is 0 Å². The van der Waals surface area contributed by atoms with Gasteiger partial charge < -0.3 is 16.4 Å². The van der Waals surface area contributed by atoms with Crippen molar-refractivity contribution in [2.75, 3.05) is 18.4 Å². The van der Waals surface area contributed by atoms with Gasteiger partial charge in [-0.05, 0) is 37.6 Å². The first kappa shape index (κ1) is 15.2. The first-order chi connectivity index (χ1) is 9.06. The number of hydrogen-bond acceptors (Lipinski definition) is 3. The molecule has 1 aromatic carbocycles. The Labute approximate surface area is 113 Å². The van der Waals surface area contributed by atoms with E-state index in [1.165, 1.54) is 0 Å². The summed E-state index contributed by atoms with van der Waals surface area (Å²) in [6, 6.07) is 6.87. The zero-order valence-corrected chi connectivity index (χ0v) is 11.4. The lowest BCUT2D eigenvalue weighted by Crippen LogP contribution is -2.23. The van der Waals surface area contributed by atoms with Gasteiger partial charge >= 0.3 is 0 Å². The highest BCUT2D eigenvalue weighted by Crippen LogP contribution is 2.12. The average molecular weight is 263 g/mol. The highest BCUT2D eigenvalue weighted by atomic mass is 16.2. The van der Waals surface area contributed by atoms with E-state index >= 15 is 0 Å². The molecule has 104 valence electrons. The van der Waals surface area contributed by atoms with Gasteiger partial charge in [0, 0.05) is 24.2 Å². The summed E-state index contributed by atoms with van der Waals surface area (Å²) in [4.78, 5) is 23.4. The molecule has 1 unspecified atom stereocenters. The quantitative estimate of drug-likeness (QED) is 0.724. The van der Waals surface area contributed by atoms with Crippen LogP contribution in [0.2, 0.25) is 0 Å². The van der Waals surface area contributed by atoms with Gasteiger partial charge in [0.05, 0.1) is 0 Å². The minimum Gasteiger partial charge on any atom is -0.352 e. The van der Waals surface area contributed by atoms with E-state index in [1.54, 1.807) is 24.3 Å². The van der Waals surface area contributed by atoms with Crippen molar-refractivity contribution < 1.29 is 9.59 Å². The number of carbonyl (C=O) groups is 2. The number of nitrogens with two attached hydrogens (primary N) is 1. The molecular formula is C14H21N3O2. The minimum absolute atomic E-state index is 0.0917. The number of amides is 2. The molecular weight excluding hydrogens is 242 g/mol. The molecule has 0 bridgehead atoms. The lowest BCUT2D eigenvalue weighted by molar-refractivity contribution is -0.116. The van der Waals surface area contributed by atoms with Crippen molar-refractivity contribution in [2.24, 2.45) is 11.7 Å². The van der Waals surface area contributed by atoms with Gasteiger partial charge in [0.25, 0.3) is 5.91 Å². The van der Waals surface area contributed by atoms with E-state index in [9.17, 15) is 9.59 Å². The van der Waals surface area contributed by atoms with Gasteiger partial charge in [0.2, 0.25) is 5.91 Å². The molecule has 0 aliphatic carbocycles. The lowest BCUT2D eigenvalue weighted by atomic mass is 10.1. The SMILES string of the molecule is CCNC(=O)c1cccc(NC(=O)CC(C)CN)c1. The first-order valence-electron chi connectivity index (χ1n) is 6.45. The Morgan fingerprint density at radius 2 is 2.11 bits per heavy atom. The van der Waals surface area contributed by atoms with Crippen molar-refractivity contribution in [2.45, 2.75) is 20.3 Å². The molecule has 0 radical (unpaired) electrons. The minimum atomic E-state index is -0.145. The second-order valence-corrected chi connectivity index (χ2v) is 4.53. The van der Waals surface area contributed by atoms with Gasteiger partial charge in [-0.25, -0.2) is 0 Å². The van der Waals surface area contributed by atoms with E-state index < -0.39 is 0 Å². The van der Waals surface area contributed by atoms with Crippen molar-refractivity contribution in [3.05, 3.63) is 29.8 Å². The number of carbonyl (C=O) groups excluding carboxylic acids is 2. The van der Waals surface area contributed by atoms with E-state index in [0.29, 0.717) is 30.8 Å². The summed E-state index contributed by atoms with van der Waals surface area (Å²) in [6.45, 7) is 4.83. The molecule has 5 heteroatoms. The van der Waals surface area contributed by atoms with Gasteiger partial charge in [-0.3, -0.25) is 9.59 Å². The molecule has 4 N–H and O–H groups in total. The zero-order valence-electron chi connectivity index (χ0n) is 11.4. The van der Waals surface area contributed by atoms with Crippen molar-refractivity contribution in [1.82, 2.24) is 5.32 Å². The van der Waals surface area contributed by atoms with Crippen LogP contribution in [0.4, 0.5) is 5.69 Å². The fourth-order valence-corrected chi connectivity index (χ4v) is 1.61. The molecule has 0 aliphatic heterocycles. The van der Waals surface area contributed by atoms with Gasteiger partial charge in [-0.2, -0.15) is 0 Å². The largest absolute Gasteiger partial charge is 0.352 e. The molecule has 19 heavy (non-hydrogen) atoms. The van der Waals surface area contributed by atoms with Crippen LogP contribution in [0.25, 0.3) is 0 Å². The topological polar surface area (TPSA) is 84.2 Å². The molecule has 0 spiro atoms. The molecule has 0 aliphatic rings. The molecule has 5 nitrogen and oxygen atoms in total. The summed E-state index contributed by atoms with van der Waals surface area (Å²) in [7, 11) is 0. The third-order valence-corrected chi connectivity index (χ3v) is 2.68. The van der Waals surface area contributed by atoms with Crippen LogP contribution >= 0.6 is 0 Å². The van der Waals surface area contributed by atoms with Crippen molar-refractivity contribution >= 4 is 17.5 Å². The Morgan fingerprint density at radius 3 is 2.74 bits per heavy atom. The third kappa shape index (κ3) is 5.09. The number of hydrogen-bond donors (Lipinski definition) is 3.